The van der Waals surface area contributed by atoms with E-state index in [0.29, 0.717) is 18.1 Å². The molecule has 1 fully saturated rings. The van der Waals surface area contributed by atoms with Gasteiger partial charge in [0.2, 0.25) is 0 Å². The Balaban J connectivity index is 1.62. The van der Waals surface area contributed by atoms with Gasteiger partial charge in [-0.15, -0.1) is 6.58 Å². The zero-order chi connectivity index (χ0) is 16.2. The first kappa shape index (κ1) is 15.9. The first-order valence-corrected chi connectivity index (χ1v) is 8.39. The summed E-state index contributed by atoms with van der Waals surface area (Å²) in [6.45, 7) is 5.83. The average Bonchev–Trinajstić information content (AvgIpc) is 3.12. The van der Waals surface area contributed by atoms with Crippen LogP contribution in [-0.4, -0.2) is 12.6 Å². The van der Waals surface area contributed by atoms with Crippen molar-refractivity contribution in [3.8, 4) is 11.5 Å². The Morgan fingerprint density at radius 1 is 1.30 bits per heavy atom. The molecule has 3 atom stereocenters. The average molecular weight is 312 g/mol. The Morgan fingerprint density at radius 3 is 2.83 bits per heavy atom. The van der Waals surface area contributed by atoms with Crippen molar-refractivity contribution in [2.45, 2.75) is 32.6 Å². The molecule has 3 nitrogen and oxygen atoms in total. The minimum Gasteiger partial charge on any atom is -0.490 e. The van der Waals surface area contributed by atoms with Crippen LogP contribution in [0.15, 0.2) is 43.0 Å². The minimum absolute atomic E-state index is 0.329. The van der Waals surface area contributed by atoms with Crippen molar-refractivity contribution >= 4 is 5.97 Å². The van der Waals surface area contributed by atoms with Gasteiger partial charge >= 0.3 is 5.97 Å². The van der Waals surface area contributed by atoms with Crippen LogP contribution >= 0.6 is 0 Å². The van der Waals surface area contributed by atoms with Gasteiger partial charge in [0.1, 0.15) is 0 Å². The highest BCUT2D eigenvalue weighted by molar-refractivity contribution is 5.70. The van der Waals surface area contributed by atoms with Crippen LogP contribution in [0.5, 0.6) is 11.5 Å². The summed E-state index contributed by atoms with van der Waals surface area (Å²) in [5, 5.41) is 0. The van der Waals surface area contributed by atoms with Gasteiger partial charge in [0, 0.05) is 6.92 Å². The van der Waals surface area contributed by atoms with Gasteiger partial charge in [-0.25, -0.2) is 0 Å². The number of hydrogen-bond acceptors (Lipinski definition) is 3. The SMILES string of the molecule is C=CCc1ccc(OC(C)=O)c(OCCC2CC3C=CC2C3)c1. The van der Waals surface area contributed by atoms with Crippen molar-refractivity contribution in [3.63, 3.8) is 0 Å². The highest BCUT2D eigenvalue weighted by Crippen LogP contribution is 2.45. The number of esters is 1. The van der Waals surface area contributed by atoms with Gasteiger partial charge in [0.15, 0.2) is 11.5 Å². The van der Waals surface area contributed by atoms with Gasteiger partial charge in [0.25, 0.3) is 0 Å². The second-order valence-electron chi connectivity index (χ2n) is 6.54. The lowest BCUT2D eigenvalue weighted by atomic mass is 9.91. The van der Waals surface area contributed by atoms with Crippen LogP contribution in [0.1, 0.15) is 31.7 Å². The molecule has 122 valence electrons. The first-order valence-electron chi connectivity index (χ1n) is 8.39. The Kier molecular flexibility index (Phi) is 4.85. The molecule has 1 aromatic rings. The molecule has 2 aliphatic carbocycles. The number of carbonyl (C=O) groups excluding carboxylic acids is 1. The van der Waals surface area contributed by atoms with E-state index in [1.807, 2.05) is 18.2 Å². The summed E-state index contributed by atoms with van der Waals surface area (Å²) in [5.41, 5.74) is 1.11. The molecule has 0 aromatic heterocycles. The summed E-state index contributed by atoms with van der Waals surface area (Å²) in [6, 6.07) is 5.68. The minimum atomic E-state index is -0.329. The zero-order valence-electron chi connectivity index (χ0n) is 13.7. The quantitative estimate of drug-likeness (QED) is 0.427. The predicted molar refractivity (Wildman–Crippen MR) is 90.6 cm³/mol. The lowest BCUT2D eigenvalue weighted by Gasteiger charge is -2.19. The maximum atomic E-state index is 11.2. The Hall–Kier alpha value is -2.03. The van der Waals surface area contributed by atoms with Crippen molar-refractivity contribution in [2.75, 3.05) is 6.61 Å². The summed E-state index contributed by atoms with van der Waals surface area (Å²) in [7, 11) is 0. The molecule has 0 aliphatic heterocycles. The number of hydrogen-bond donors (Lipinski definition) is 0. The number of rotatable bonds is 7. The lowest BCUT2D eigenvalue weighted by Crippen LogP contribution is -2.12. The van der Waals surface area contributed by atoms with E-state index in [-0.39, 0.29) is 5.97 Å². The molecule has 0 saturated heterocycles. The Morgan fingerprint density at radius 2 is 2.17 bits per heavy atom. The molecule has 0 heterocycles. The Bertz CT molecular complexity index is 617. The van der Waals surface area contributed by atoms with Gasteiger partial charge < -0.3 is 9.47 Å². The molecule has 0 radical (unpaired) electrons. The van der Waals surface area contributed by atoms with Crippen LogP contribution in [0.4, 0.5) is 0 Å². The standard InChI is InChI=1S/C20H24O3/c1-3-4-15-6-8-19(23-14(2)21)20(13-15)22-10-9-18-12-16-5-7-17(18)11-16/h3,5-8,13,16-18H,1,4,9-12H2,2H3. The summed E-state index contributed by atoms with van der Waals surface area (Å²) in [5.74, 6) is 3.08. The molecule has 3 unspecified atom stereocenters. The van der Waals surface area contributed by atoms with Crippen molar-refractivity contribution < 1.29 is 14.3 Å². The number of fused-ring (bicyclic) bond motifs is 2. The van der Waals surface area contributed by atoms with Gasteiger partial charge in [-0.05, 0) is 61.1 Å². The van der Waals surface area contributed by atoms with Crippen LogP contribution < -0.4 is 9.47 Å². The molecular formula is C20H24O3. The monoisotopic (exact) mass is 312 g/mol. The van der Waals surface area contributed by atoms with E-state index in [1.165, 1.54) is 19.8 Å². The summed E-state index contributed by atoms with van der Waals surface area (Å²) >= 11 is 0. The highest BCUT2D eigenvalue weighted by atomic mass is 16.6. The van der Waals surface area contributed by atoms with Crippen molar-refractivity contribution in [1.82, 2.24) is 0 Å². The zero-order valence-corrected chi connectivity index (χ0v) is 13.7. The molecule has 3 rings (SSSR count). The smallest absolute Gasteiger partial charge is 0.308 e. The van der Waals surface area contributed by atoms with E-state index in [0.717, 1.165) is 36.2 Å². The molecule has 23 heavy (non-hydrogen) atoms. The van der Waals surface area contributed by atoms with E-state index in [4.69, 9.17) is 9.47 Å². The largest absolute Gasteiger partial charge is 0.490 e. The maximum absolute atomic E-state index is 11.2. The molecular weight excluding hydrogens is 288 g/mol. The van der Waals surface area contributed by atoms with Crippen molar-refractivity contribution in [2.24, 2.45) is 17.8 Å². The van der Waals surface area contributed by atoms with Gasteiger partial charge in [-0.1, -0.05) is 24.3 Å². The van der Waals surface area contributed by atoms with Crippen LogP contribution in [0, 0.1) is 17.8 Å². The normalized spacial score (nSPS) is 24.7. The van der Waals surface area contributed by atoms with Crippen LogP contribution in [0.25, 0.3) is 0 Å². The van der Waals surface area contributed by atoms with Gasteiger partial charge in [-0.3, -0.25) is 4.79 Å². The second kappa shape index (κ2) is 7.03. The topological polar surface area (TPSA) is 35.5 Å². The van der Waals surface area contributed by atoms with Gasteiger partial charge in [0.05, 0.1) is 6.61 Å². The second-order valence-corrected chi connectivity index (χ2v) is 6.54. The van der Waals surface area contributed by atoms with Gasteiger partial charge in [-0.2, -0.15) is 0 Å². The van der Waals surface area contributed by atoms with E-state index < -0.39 is 0 Å². The summed E-state index contributed by atoms with van der Waals surface area (Å²) < 4.78 is 11.2. The molecule has 0 N–H and O–H groups in total. The maximum Gasteiger partial charge on any atom is 0.308 e. The third-order valence-corrected chi connectivity index (χ3v) is 4.80. The van der Waals surface area contributed by atoms with E-state index in [2.05, 4.69) is 18.7 Å². The fourth-order valence-electron chi connectivity index (χ4n) is 3.74. The fourth-order valence-corrected chi connectivity index (χ4v) is 3.74. The number of allylic oxidation sites excluding steroid dienone is 3. The fraction of sp³-hybridized carbons (Fsp3) is 0.450. The summed E-state index contributed by atoms with van der Waals surface area (Å²) in [4.78, 5) is 11.2. The lowest BCUT2D eigenvalue weighted by molar-refractivity contribution is -0.132. The molecule has 2 bridgehead atoms. The predicted octanol–water partition coefficient (Wildman–Crippen LogP) is 4.32. The van der Waals surface area contributed by atoms with Crippen molar-refractivity contribution in [3.05, 3.63) is 48.6 Å². The van der Waals surface area contributed by atoms with Crippen LogP contribution in [-0.2, 0) is 11.2 Å². The number of carbonyl (C=O) groups is 1. The number of ether oxygens (including phenoxy) is 2. The molecule has 0 spiro atoms. The molecule has 1 aromatic carbocycles. The van der Waals surface area contributed by atoms with Crippen LogP contribution in [0.3, 0.4) is 0 Å². The molecule has 1 saturated carbocycles. The van der Waals surface area contributed by atoms with E-state index in [9.17, 15) is 4.79 Å². The molecule has 2 aliphatic rings. The molecule has 3 heteroatoms. The van der Waals surface area contributed by atoms with E-state index in [1.54, 1.807) is 6.07 Å². The van der Waals surface area contributed by atoms with Crippen LogP contribution in [0.2, 0.25) is 0 Å². The van der Waals surface area contributed by atoms with Crippen molar-refractivity contribution in [1.29, 1.82) is 0 Å². The Labute approximate surface area is 138 Å². The third kappa shape index (κ3) is 3.84. The third-order valence-electron chi connectivity index (χ3n) is 4.80. The first-order chi connectivity index (χ1) is 11.2. The molecule has 0 amide bonds. The summed E-state index contributed by atoms with van der Waals surface area (Å²) in [6.07, 6.45) is 11.0. The van der Waals surface area contributed by atoms with E-state index >= 15 is 0 Å². The number of benzene rings is 1. The highest BCUT2D eigenvalue weighted by Gasteiger charge is 2.35.